The van der Waals surface area contributed by atoms with Gasteiger partial charge in [0.1, 0.15) is 0 Å². The van der Waals surface area contributed by atoms with E-state index in [1.165, 1.54) is 11.5 Å². The van der Waals surface area contributed by atoms with E-state index in [-0.39, 0.29) is 0 Å². The van der Waals surface area contributed by atoms with E-state index in [0.29, 0.717) is 5.02 Å². The van der Waals surface area contributed by atoms with Crippen LogP contribution in [0.2, 0.25) is 5.02 Å². The SMILES string of the molecule is Clc1ccc(Nc2nc(-c3ccc(Br)cc3)ns2)cc1. The Bertz CT molecular complexity index is 710. The van der Waals surface area contributed by atoms with Gasteiger partial charge in [-0.25, -0.2) is 0 Å². The molecule has 3 aromatic rings. The molecule has 2 aromatic carbocycles. The maximum absolute atomic E-state index is 5.85. The van der Waals surface area contributed by atoms with Gasteiger partial charge in [0, 0.05) is 32.3 Å². The molecule has 0 radical (unpaired) electrons. The van der Waals surface area contributed by atoms with Crippen molar-refractivity contribution in [2.24, 2.45) is 0 Å². The zero-order valence-electron chi connectivity index (χ0n) is 10.2. The molecule has 0 aliphatic heterocycles. The molecule has 0 aliphatic rings. The summed E-state index contributed by atoms with van der Waals surface area (Å²) in [5.41, 5.74) is 1.93. The fourth-order valence-corrected chi connectivity index (χ4v) is 2.65. The summed E-state index contributed by atoms with van der Waals surface area (Å²) in [5.74, 6) is 0.721. The average Bonchev–Trinajstić information content (AvgIpc) is 2.91. The summed E-state index contributed by atoms with van der Waals surface area (Å²) in [6.07, 6.45) is 0. The van der Waals surface area contributed by atoms with Crippen molar-refractivity contribution in [2.75, 3.05) is 5.32 Å². The van der Waals surface area contributed by atoms with Crippen molar-refractivity contribution in [1.82, 2.24) is 9.36 Å². The number of hydrogen-bond donors (Lipinski definition) is 1. The summed E-state index contributed by atoms with van der Waals surface area (Å²) in [6.45, 7) is 0. The Morgan fingerprint density at radius 2 is 1.70 bits per heavy atom. The number of halogens is 2. The van der Waals surface area contributed by atoms with Crippen LogP contribution in [0.5, 0.6) is 0 Å². The van der Waals surface area contributed by atoms with Crippen LogP contribution in [0.15, 0.2) is 53.0 Å². The first-order chi connectivity index (χ1) is 9.70. The first kappa shape index (κ1) is 13.5. The van der Waals surface area contributed by atoms with Gasteiger partial charge in [0.25, 0.3) is 0 Å². The van der Waals surface area contributed by atoms with Crippen molar-refractivity contribution < 1.29 is 0 Å². The Morgan fingerprint density at radius 1 is 1.00 bits per heavy atom. The summed E-state index contributed by atoms with van der Waals surface area (Å²) in [7, 11) is 0. The molecule has 3 nitrogen and oxygen atoms in total. The summed E-state index contributed by atoms with van der Waals surface area (Å²) in [6, 6.07) is 15.4. The molecule has 0 spiro atoms. The van der Waals surface area contributed by atoms with Gasteiger partial charge in [0.05, 0.1) is 0 Å². The van der Waals surface area contributed by atoms with Gasteiger partial charge in [0.15, 0.2) is 5.82 Å². The van der Waals surface area contributed by atoms with Crippen LogP contribution in [0, 0.1) is 0 Å². The normalized spacial score (nSPS) is 10.5. The van der Waals surface area contributed by atoms with Gasteiger partial charge in [-0.2, -0.15) is 9.36 Å². The van der Waals surface area contributed by atoms with Gasteiger partial charge >= 0.3 is 0 Å². The first-order valence-electron chi connectivity index (χ1n) is 5.83. The molecule has 0 amide bonds. The number of anilines is 2. The molecule has 0 saturated carbocycles. The summed E-state index contributed by atoms with van der Waals surface area (Å²) in [5, 5.41) is 4.68. The topological polar surface area (TPSA) is 37.8 Å². The molecule has 3 rings (SSSR count). The number of nitrogens with one attached hydrogen (secondary N) is 1. The Morgan fingerprint density at radius 3 is 2.40 bits per heavy atom. The lowest BCUT2D eigenvalue weighted by Gasteiger charge is -2.01. The van der Waals surface area contributed by atoms with Crippen LogP contribution in [0.1, 0.15) is 0 Å². The molecule has 1 N–H and O–H groups in total. The highest BCUT2D eigenvalue weighted by Gasteiger charge is 2.06. The van der Waals surface area contributed by atoms with E-state index < -0.39 is 0 Å². The Kier molecular flexibility index (Phi) is 4.00. The molecular weight excluding hydrogens is 358 g/mol. The zero-order valence-corrected chi connectivity index (χ0v) is 13.3. The van der Waals surface area contributed by atoms with E-state index in [9.17, 15) is 0 Å². The summed E-state index contributed by atoms with van der Waals surface area (Å²) in [4.78, 5) is 4.48. The second-order valence-corrected chi connectivity index (χ2v) is 6.17. The van der Waals surface area contributed by atoms with Crippen LogP contribution in [-0.2, 0) is 0 Å². The molecule has 0 bridgehead atoms. The largest absolute Gasteiger partial charge is 0.330 e. The lowest BCUT2D eigenvalue weighted by atomic mass is 10.2. The number of hydrogen-bond acceptors (Lipinski definition) is 4. The highest BCUT2D eigenvalue weighted by Crippen LogP contribution is 2.25. The number of aromatic nitrogens is 2. The molecule has 0 fully saturated rings. The fourth-order valence-electron chi connectivity index (χ4n) is 1.65. The predicted octanol–water partition coefficient (Wildman–Crippen LogP) is 5.36. The number of benzene rings is 2. The van der Waals surface area contributed by atoms with Crippen LogP contribution < -0.4 is 5.32 Å². The van der Waals surface area contributed by atoms with Crippen molar-refractivity contribution in [3.63, 3.8) is 0 Å². The van der Waals surface area contributed by atoms with Gasteiger partial charge in [-0.15, -0.1) is 0 Å². The predicted molar refractivity (Wildman–Crippen MR) is 87.8 cm³/mol. The van der Waals surface area contributed by atoms with Crippen LogP contribution in [0.4, 0.5) is 10.8 Å². The lowest BCUT2D eigenvalue weighted by molar-refractivity contribution is 1.31. The minimum atomic E-state index is 0.711. The number of rotatable bonds is 3. The van der Waals surface area contributed by atoms with Crippen molar-refractivity contribution in [1.29, 1.82) is 0 Å². The molecular formula is C14H9BrClN3S. The monoisotopic (exact) mass is 365 g/mol. The average molecular weight is 367 g/mol. The van der Waals surface area contributed by atoms with Gasteiger partial charge in [-0.1, -0.05) is 39.7 Å². The second kappa shape index (κ2) is 5.91. The highest BCUT2D eigenvalue weighted by molar-refractivity contribution is 9.10. The smallest absolute Gasteiger partial charge is 0.207 e. The van der Waals surface area contributed by atoms with Crippen LogP contribution >= 0.6 is 39.1 Å². The molecule has 6 heteroatoms. The van der Waals surface area contributed by atoms with E-state index in [1.807, 2.05) is 48.5 Å². The van der Waals surface area contributed by atoms with Crippen molar-refractivity contribution in [3.05, 3.63) is 58.0 Å². The highest BCUT2D eigenvalue weighted by atomic mass is 79.9. The Labute approximate surface area is 133 Å². The fraction of sp³-hybridized carbons (Fsp3) is 0. The van der Waals surface area contributed by atoms with E-state index in [2.05, 4.69) is 30.6 Å². The lowest BCUT2D eigenvalue weighted by Crippen LogP contribution is -1.89. The molecule has 1 aromatic heterocycles. The van der Waals surface area contributed by atoms with Crippen LogP contribution in [-0.4, -0.2) is 9.36 Å². The number of nitrogens with zero attached hydrogens (tertiary/aromatic N) is 2. The summed E-state index contributed by atoms with van der Waals surface area (Å²) < 4.78 is 5.39. The van der Waals surface area contributed by atoms with Gasteiger partial charge < -0.3 is 5.32 Å². The van der Waals surface area contributed by atoms with Crippen LogP contribution in [0.3, 0.4) is 0 Å². The Balaban J connectivity index is 1.80. The maximum Gasteiger partial charge on any atom is 0.207 e. The van der Waals surface area contributed by atoms with Crippen molar-refractivity contribution >= 4 is 49.9 Å². The quantitative estimate of drug-likeness (QED) is 0.677. The van der Waals surface area contributed by atoms with Crippen molar-refractivity contribution in [3.8, 4) is 11.4 Å². The minimum Gasteiger partial charge on any atom is -0.330 e. The zero-order chi connectivity index (χ0) is 13.9. The van der Waals surface area contributed by atoms with Gasteiger partial charge in [-0.3, -0.25) is 0 Å². The molecule has 20 heavy (non-hydrogen) atoms. The second-order valence-electron chi connectivity index (χ2n) is 4.06. The van der Waals surface area contributed by atoms with Gasteiger partial charge in [0.2, 0.25) is 5.13 Å². The summed E-state index contributed by atoms with van der Waals surface area (Å²) >= 11 is 10.6. The minimum absolute atomic E-state index is 0.711. The molecule has 0 aliphatic carbocycles. The standard InChI is InChI=1S/C14H9BrClN3S/c15-10-3-1-9(2-4-10)13-18-14(20-19-13)17-12-7-5-11(16)6-8-12/h1-8H,(H,17,18,19). The Hall–Kier alpha value is -1.43. The molecule has 0 saturated heterocycles. The third kappa shape index (κ3) is 3.17. The third-order valence-electron chi connectivity index (χ3n) is 2.62. The maximum atomic E-state index is 5.85. The molecule has 0 unspecified atom stereocenters. The first-order valence-corrected chi connectivity index (χ1v) is 7.77. The van der Waals surface area contributed by atoms with E-state index in [0.717, 1.165) is 26.7 Å². The molecule has 100 valence electrons. The third-order valence-corrected chi connectivity index (χ3v) is 4.04. The van der Waals surface area contributed by atoms with E-state index >= 15 is 0 Å². The molecule has 0 atom stereocenters. The molecule has 1 heterocycles. The van der Waals surface area contributed by atoms with Crippen molar-refractivity contribution in [2.45, 2.75) is 0 Å². The van der Waals surface area contributed by atoms with E-state index in [1.54, 1.807) is 0 Å². The van der Waals surface area contributed by atoms with E-state index in [4.69, 9.17) is 11.6 Å². The van der Waals surface area contributed by atoms with Gasteiger partial charge in [-0.05, 0) is 36.4 Å². The van der Waals surface area contributed by atoms with Crippen LogP contribution in [0.25, 0.3) is 11.4 Å².